The molecule has 0 amide bonds. The Bertz CT molecular complexity index is 635. The van der Waals surface area contributed by atoms with Crippen LogP contribution < -0.4 is 15.7 Å². The van der Waals surface area contributed by atoms with Crippen molar-refractivity contribution < 1.29 is 0 Å². The highest BCUT2D eigenvalue weighted by Crippen LogP contribution is 2.17. The van der Waals surface area contributed by atoms with E-state index in [-0.39, 0.29) is 0 Å². The first-order valence-corrected chi connectivity index (χ1v) is 7.61. The molecule has 2 rings (SSSR count). The van der Waals surface area contributed by atoms with Crippen molar-refractivity contribution >= 4 is 19.0 Å². The van der Waals surface area contributed by atoms with Crippen LogP contribution in [0.4, 0.5) is 5.69 Å². The number of nitrogens with zero attached hydrogens (tertiary/aromatic N) is 1. The summed E-state index contributed by atoms with van der Waals surface area (Å²) >= 11 is 0. The molecule has 2 aromatic rings. The normalized spacial score (nSPS) is 11.0. The second kappa shape index (κ2) is 8.13. The summed E-state index contributed by atoms with van der Waals surface area (Å²) in [5.74, 6) is 0. The molecule has 0 aliphatic heterocycles. The highest BCUT2D eigenvalue weighted by Gasteiger charge is 2.09. The van der Waals surface area contributed by atoms with Gasteiger partial charge in [-0.25, -0.2) is 0 Å². The van der Waals surface area contributed by atoms with E-state index in [2.05, 4.69) is 79.2 Å². The van der Waals surface area contributed by atoms with E-state index in [0.29, 0.717) is 0 Å². The Kier molecular flexibility index (Phi) is 5.90. The lowest BCUT2D eigenvalue weighted by Crippen LogP contribution is -2.29. The number of anilines is 1. The fourth-order valence-corrected chi connectivity index (χ4v) is 2.47. The molecule has 0 saturated heterocycles. The summed E-state index contributed by atoms with van der Waals surface area (Å²) in [5.41, 5.74) is 4.97. The molecule has 0 heterocycles. The summed E-state index contributed by atoms with van der Waals surface area (Å²) in [4.78, 5) is 2.36. The van der Waals surface area contributed by atoms with Crippen molar-refractivity contribution in [1.29, 1.82) is 0 Å². The van der Waals surface area contributed by atoms with Gasteiger partial charge in [0, 0.05) is 17.9 Å². The Morgan fingerprint density at radius 2 is 1.95 bits per heavy atom. The van der Waals surface area contributed by atoms with Crippen LogP contribution in [0.1, 0.15) is 12.5 Å². The van der Waals surface area contributed by atoms with Gasteiger partial charge in [-0.1, -0.05) is 60.6 Å². The molecule has 112 valence electrons. The van der Waals surface area contributed by atoms with Crippen LogP contribution in [-0.2, 0) is 6.54 Å². The number of hydrogen-bond acceptors (Lipinski definition) is 2. The first-order chi connectivity index (χ1) is 10.7. The first-order valence-electron chi connectivity index (χ1n) is 7.61. The van der Waals surface area contributed by atoms with Gasteiger partial charge in [0.25, 0.3) is 0 Å². The second-order valence-corrected chi connectivity index (χ2v) is 5.34. The average molecular weight is 290 g/mol. The predicted octanol–water partition coefficient (Wildman–Crippen LogP) is 2.59. The van der Waals surface area contributed by atoms with Crippen LogP contribution in [0.25, 0.3) is 0 Å². The van der Waals surface area contributed by atoms with Gasteiger partial charge in [-0.2, -0.15) is 0 Å². The van der Waals surface area contributed by atoms with E-state index in [1.54, 1.807) is 6.20 Å². The Morgan fingerprint density at radius 3 is 2.59 bits per heavy atom. The smallest absolute Gasteiger partial charge is 0.139 e. The average Bonchev–Trinajstić information content (AvgIpc) is 2.54. The molecule has 0 radical (unpaired) electrons. The van der Waals surface area contributed by atoms with Crippen LogP contribution in [0, 0.1) is 0 Å². The van der Waals surface area contributed by atoms with Crippen LogP contribution in [0.2, 0.25) is 0 Å². The second-order valence-electron chi connectivity index (χ2n) is 5.34. The summed E-state index contributed by atoms with van der Waals surface area (Å²) in [5, 5.41) is 3.21. The van der Waals surface area contributed by atoms with E-state index in [1.807, 2.05) is 13.0 Å². The Balaban J connectivity index is 2.23. The van der Waals surface area contributed by atoms with Gasteiger partial charge >= 0.3 is 0 Å². The van der Waals surface area contributed by atoms with E-state index >= 15 is 0 Å². The number of hydrogen-bond donors (Lipinski definition) is 1. The van der Waals surface area contributed by atoms with E-state index in [4.69, 9.17) is 0 Å². The molecule has 1 N–H and O–H groups in total. The molecule has 0 aliphatic rings. The fourth-order valence-electron chi connectivity index (χ4n) is 2.47. The number of rotatable bonds is 7. The highest BCUT2D eigenvalue weighted by atomic mass is 15.1. The van der Waals surface area contributed by atoms with Crippen LogP contribution >= 0.6 is 0 Å². The molecule has 0 saturated carbocycles. The molecular formula is C19H23BN2. The van der Waals surface area contributed by atoms with Crippen molar-refractivity contribution in [2.24, 2.45) is 0 Å². The highest BCUT2D eigenvalue weighted by molar-refractivity contribution is 6.32. The monoisotopic (exact) mass is 290 g/mol. The molecule has 0 aromatic heterocycles. The third-order valence-electron chi connectivity index (χ3n) is 3.57. The Morgan fingerprint density at radius 1 is 1.18 bits per heavy atom. The van der Waals surface area contributed by atoms with Crippen molar-refractivity contribution in [2.75, 3.05) is 11.4 Å². The number of benzene rings is 2. The summed E-state index contributed by atoms with van der Waals surface area (Å²) in [6.45, 7) is 7.49. The van der Waals surface area contributed by atoms with Gasteiger partial charge in [0.2, 0.25) is 0 Å². The molecule has 3 heteroatoms. The molecular weight excluding hydrogens is 267 g/mol. The Hall–Kier alpha value is -2.42. The first kappa shape index (κ1) is 16.0. The molecule has 0 unspecified atom stereocenters. The molecule has 2 nitrogen and oxygen atoms in total. The lowest BCUT2D eigenvalue weighted by atomic mass is 9.94. The lowest BCUT2D eigenvalue weighted by Gasteiger charge is -2.26. The van der Waals surface area contributed by atoms with Gasteiger partial charge in [-0.05, 0) is 30.8 Å². The largest absolute Gasteiger partial charge is 0.364 e. The van der Waals surface area contributed by atoms with E-state index < -0.39 is 0 Å². The van der Waals surface area contributed by atoms with Crippen LogP contribution in [0.5, 0.6) is 0 Å². The zero-order valence-electron chi connectivity index (χ0n) is 13.4. The molecule has 0 aliphatic carbocycles. The molecule has 0 spiro atoms. The van der Waals surface area contributed by atoms with Crippen molar-refractivity contribution in [3.63, 3.8) is 0 Å². The van der Waals surface area contributed by atoms with Crippen LogP contribution in [0.3, 0.4) is 0 Å². The van der Waals surface area contributed by atoms with E-state index in [1.165, 1.54) is 16.7 Å². The van der Waals surface area contributed by atoms with E-state index in [9.17, 15) is 0 Å². The molecule has 22 heavy (non-hydrogen) atoms. The van der Waals surface area contributed by atoms with Crippen molar-refractivity contribution in [1.82, 2.24) is 5.32 Å². The summed E-state index contributed by atoms with van der Waals surface area (Å²) in [6, 6.07) is 19.2. The maximum Gasteiger partial charge on any atom is 0.139 e. The minimum absolute atomic E-state index is 0.820. The Labute approximate surface area is 134 Å². The fraction of sp³-hybridized carbons (Fsp3) is 0.158. The summed E-state index contributed by atoms with van der Waals surface area (Å²) < 4.78 is 0. The van der Waals surface area contributed by atoms with Crippen LogP contribution in [0.15, 0.2) is 79.1 Å². The van der Waals surface area contributed by atoms with Crippen LogP contribution in [-0.4, -0.2) is 14.4 Å². The minimum Gasteiger partial charge on any atom is -0.364 e. The molecule has 0 atom stereocenters. The maximum atomic E-state index is 3.75. The zero-order chi connectivity index (χ0) is 15.8. The van der Waals surface area contributed by atoms with E-state index in [0.717, 1.165) is 18.8 Å². The maximum absolute atomic E-state index is 3.75. The molecule has 0 bridgehead atoms. The quantitative estimate of drug-likeness (QED) is 0.789. The van der Waals surface area contributed by atoms with Gasteiger partial charge < -0.3 is 10.2 Å². The lowest BCUT2D eigenvalue weighted by molar-refractivity contribution is 0.810. The predicted molar refractivity (Wildman–Crippen MR) is 99.2 cm³/mol. The van der Waals surface area contributed by atoms with Gasteiger partial charge in [0.05, 0.1) is 6.54 Å². The third kappa shape index (κ3) is 4.56. The SMILES string of the molecule is Bc1cccc(CN(C/C(=C/C)NC=C)c2ccccc2)c1. The molecule has 0 fully saturated rings. The van der Waals surface area contributed by atoms with Gasteiger partial charge in [0.15, 0.2) is 0 Å². The van der Waals surface area contributed by atoms with Gasteiger partial charge in [-0.15, -0.1) is 0 Å². The van der Waals surface area contributed by atoms with Crippen molar-refractivity contribution in [2.45, 2.75) is 13.5 Å². The zero-order valence-corrected chi connectivity index (χ0v) is 13.4. The number of para-hydroxylation sites is 1. The topological polar surface area (TPSA) is 15.3 Å². The minimum atomic E-state index is 0.820. The number of nitrogens with one attached hydrogen (secondary N) is 1. The van der Waals surface area contributed by atoms with Crippen molar-refractivity contribution in [3.8, 4) is 0 Å². The van der Waals surface area contributed by atoms with Crippen molar-refractivity contribution in [3.05, 3.63) is 84.7 Å². The standard InChI is InChI=1S/C19H23BN2/c1-3-18(21-4-2)15-22(19-11-6-5-7-12-19)14-16-9-8-10-17(20)13-16/h3-13,21H,2,14-15,20H2,1H3/b18-3-. The van der Waals surface area contributed by atoms with Gasteiger partial charge in [0.1, 0.15) is 7.85 Å². The van der Waals surface area contributed by atoms with Gasteiger partial charge in [-0.3, -0.25) is 0 Å². The number of allylic oxidation sites excluding steroid dienone is 1. The third-order valence-corrected chi connectivity index (χ3v) is 3.57. The summed E-state index contributed by atoms with van der Waals surface area (Å²) in [7, 11) is 2.13. The molecule has 2 aromatic carbocycles. The summed E-state index contributed by atoms with van der Waals surface area (Å²) in [6.07, 6.45) is 3.82.